The van der Waals surface area contributed by atoms with Crippen molar-refractivity contribution in [2.75, 3.05) is 11.9 Å². The van der Waals surface area contributed by atoms with Gasteiger partial charge in [0.1, 0.15) is 10.8 Å². The maximum Gasteiger partial charge on any atom is 0.129 e. The van der Waals surface area contributed by atoms with Crippen LogP contribution in [0.15, 0.2) is 35.8 Å². The zero-order valence-electron chi connectivity index (χ0n) is 9.46. The minimum absolute atomic E-state index is 0.401. The lowest BCUT2D eigenvalue weighted by atomic mass is 10.2. The first-order chi connectivity index (χ1) is 8.16. The summed E-state index contributed by atoms with van der Waals surface area (Å²) in [5.74, 6) is 0.878. The maximum atomic E-state index is 5.61. The van der Waals surface area contributed by atoms with Gasteiger partial charge < -0.3 is 10.6 Å². The molecule has 0 unspecified atom stereocenters. The van der Waals surface area contributed by atoms with E-state index in [2.05, 4.69) is 21.3 Å². The van der Waals surface area contributed by atoms with Gasteiger partial charge in [-0.25, -0.2) is 4.98 Å². The van der Waals surface area contributed by atoms with Gasteiger partial charge in [-0.05, 0) is 23.6 Å². The molecule has 0 atom stereocenters. The van der Waals surface area contributed by atoms with Crippen molar-refractivity contribution < 1.29 is 0 Å². The Morgan fingerprint density at radius 2 is 2.35 bits per heavy atom. The molecule has 5 heteroatoms. The highest BCUT2D eigenvalue weighted by molar-refractivity contribution is 7.80. The van der Waals surface area contributed by atoms with Gasteiger partial charge in [-0.1, -0.05) is 18.3 Å². The van der Waals surface area contributed by atoms with Crippen LogP contribution in [-0.4, -0.2) is 17.0 Å². The average Bonchev–Trinajstić information content (AvgIpc) is 2.82. The third kappa shape index (κ3) is 3.01. The van der Waals surface area contributed by atoms with Crippen molar-refractivity contribution in [2.24, 2.45) is 5.73 Å². The Kier molecular flexibility index (Phi) is 3.71. The van der Waals surface area contributed by atoms with Crippen molar-refractivity contribution in [3.63, 3.8) is 0 Å². The lowest BCUT2D eigenvalue weighted by Crippen LogP contribution is -2.18. The van der Waals surface area contributed by atoms with Gasteiger partial charge in [-0.2, -0.15) is 0 Å². The number of hydrogen-bond donors (Lipinski definition) is 1. The van der Waals surface area contributed by atoms with E-state index in [4.69, 9.17) is 18.0 Å². The summed E-state index contributed by atoms with van der Waals surface area (Å²) in [4.78, 5) is 8.10. The van der Waals surface area contributed by atoms with E-state index in [-0.39, 0.29) is 0 Å². The summed E-state index contributed by atoms with van der Waals surface area (Å²) in [5.41, 5.74) is 6.46. The minimum Gasteiger partial charge on any atom is -0.389 e. The van der Waals surface area contributed by atoms with Gasteiger partial charge in [0.25, 0.3) is 0 Å². The zero-order chi connectivity index (χ0) is 12.3. The van der Waals surface area contributed by atoms with Gasteiger partial charge in [0.15, 0.2) is 0 Å². The van der Waals surface area contributed by atoms with Crippen molar-refractivity contribution in [3.05, 3.63) is 46.3 Å². The Balaban J connectivity index is 2.16. The number of thiocarbonyl (C=S) groups is 1. The number of thiophene rings is 1. The van der Waals surface area contributed by atoms with Gasteiger partial charge in [0, 0.05) is 23.7 Å². The van der Waals surface area contributed by atoms with Crippen LogP contribution >= 0.6 is 23.6 Å². The van der Waals surface area contributed by atoms with Crippen LogP contribution in [0.4, 0.5) is 5.82 Å². The second-order valence-corrected chi connectivity index (χ2v) is 5.17. The van der Waals surface area contributed by atoms with Gasteiger partial charge in [0.05, 0.1) is 6.54 Å². The molecule has 0 fully saturated rings. The molecule has 0 saturated carbocycles. The van der Waals surface area contributed by atoms with Crippen molar-refractivity contribution in [3.8, 4) is 0 Å². The van der Waals surface area contributed by atoms with Crippen LogP contribution in [0, 0.1) is 0 Å². The van der Waals surface area contributed by atoms with Crippen molar-refractivity contribution >= 4 is 34.4 Å². The molecule has 17 heavy (non-hydrogen) atoms. The molecule has 0 aromatic carbocycles. The smallest absolute Gasteiger partial charge is 0.129 e. The zero-order valence-corrected chi connectivity index (χ0v) is 11.1. The molecule has 0 aliphatic carbocycles. The van der Waals surface area contributed by atoms with Gasteiger partial charge in [-0.15, -0.1) is 11.3 Å². The molecular formula is C12H13N3S2. The molecule has 2 N–H and O–H groups in total. The SMILES string of the molecule is CN(Cc1cccs1)c1cc(C(N)=S)ccn1. The Labute approximate surface area is 110 Å². The molecule has 2 aromatic heterocycles. The summed E-state index contributed by atoms with van der Waals surface area (Å²) < 4.78 is 0. The van der Waals surface area contributed by atoms with E-state index in [1.165, 1.54) is 4.88 Å². The van der Waals surface area contributed by atoms with Gasteiger partial charge >= 0.3 is 0 Å². The molecule has 2 rings (SSSR count). The number of anilines is 1. The summed E-state index contributed by atoms with van der Waals surface area (Å²) in [7, 11) is 2.01. The monoisotopic (exact) mass is 263 g/mol. The summed E-state index contributed by atoms with van der Waals surface area (Å²) in [6.45, 7) is 0.839. The number of nitrogens with two attached hydrogens (primary N) is 1. The Bertz CT molecular complexity index is 508. The van der Waals surface area contributed by atoms with E-state index >= 15 is 0 Å². The van der Waals surface area contributed by atoms with E-state index < -0.39 is 0 Å². The van der Waals surface area contributed by atoms with E-state index in [0.29, 0.717) is 4.99 Å². The number of pyridine rings is 1. The number of nitrogens with zero attached hydrogens (tertiary/aromatic N) is 2. The molecule has 88 valence electrons. The second-order valence-electron chi connectivity index (χ2n) is 3.70. The molecule has 0 radical (unpaired) electrons. The summed E-state index contributed by atoms with van der Waals surface area (Å²) in [6, 6.07) is 7.89. The largest absolute Gasteiger partial charge is 0.389 e. The third-order valence-corrected chi connectivity index (χ3v) is 3.49. The third-order valence-electron chi connectivity index (χ3n) is 2.39. The highest BCUT2D eigenvalue weighted by Gasteiger charge is 2.06. The molecule has 3 nitrogen and oxygen atoms in total. The van der Waals surface area contributed by atoms with Crippen LogP contribution in [0.25, 0.3) is 0 Å². The van der Waals surface area contributed by atoms with Crippen LogP contribution in [-0.2, 0) is 6.54 Å². The Morgan fingerprint density at radius 1 is 1.53 bits per heavy atom. The first-order valence-corrected chi connectivity index (χ1v) is 6.45. The Morgan fingerprint density at radius 3 is 3.00 bits per heavy atom. The van der Waals surface area contributed by atoms with Crippen molar-refractivity contribution in [1.82, 2.24) is 4.98 Å². The Hall–Kier alpha value is -1.46. The fraction of sp³-hybridized carbons (Fsp3) is 0.167. The van der Waals surface area contributed by atoms with Crippen LogP contribution in [0.1, 0.15) is 10.4 Å². The fourth-order valence-electron chi connectivity index (χ4n) is 1.50. The van der Waals surface area contributed by atoms with E-state index in [0.717, 1.165) is 17.9 Å². The summed E-state index contributed by atoms with van der Waals surface area (Å²) >= 11 is 6.69. The average molecular weight is 263 g/mol. The van der Waals surface area contributed by atoms with Gasteiger partial charge in [-0.3, -0.25) is 0 Å². The summed E-state index contributed by atoms with van der Waals surface area (Å²) in [6.07, 6.45) is 1.73. The van der Waals surface area contributed by atoms with Gasteiger partial charge in [0.2, 0.25) is 0 Å². The lowest BCUT2D eigenvalue weighted by molar-refractivity contribution is 0.912. The molecule has 0 saturated heterocycles. The van der Waals surface area contributed by atoms with Crippen LogP contribution < -0.4 is 10.6 Å². The normalized spacial score (nSPS) is 10.2. The lowest BCUT2D eigenvalue weighted by Gasteiger charge is -2.17. The molecule has 2 heterocycles. The quantitative estimate of drug-likeness (QED) is 0.860. The van der Waals surface area contributed by atoms with Crippen LogP contribution in [0.2, 0.25) is 0 Å². The topological polar surface area (TPSA) is 42.1 Å². The highest BCUT2D eigenvalue weighted by Crippen LogP contribution is 2.16. The number of hydrogen-bond acceptors (Lipinski definition) is 4. The number of rotatable bonds is 4. The molecule has 0 bridgehead atoms. The molecule has 0 amide bonds. The highest BCUT2D eigenvalue weighted by atomic mass is 32.1. The van der Waals surface area contributed by atoms with E-state index in [1.807, 2.05) is 25.2 Å². The second kappa shape index (κ2) is 5.25. The first-order valence-electron chi connectivity index (χ1n) is 5.16. The van der Waals surface area contributed by atoms with Crippen LogP contribution in [0.3, 0.4) is 0 Å². The summed E-state index contributed by atoms with van der Waals surface area (Å²) in [5, 5.41) is 2.07. The predicted octanol–water partition coefficient (Wildman–Crippen LogP) is 2.41. The van der Waals surface area contributed by atoms with Crippen LogP contribution in [0.5, 0.6) is 0 Å². The standard InChI is InChI=1S/C12H13N3S2/c1-15(8-10-3-2-6-17-10)11-7-9(12(13)16)4-5-14-11/h2-7H,8H2,1H3,(H2,13,16). The molecule has 0 aliphatic heterocycles. The number of aromatic nitrogens is 1. The van der Waals surface area contributed by atoms with E-state index in [1.54, 1.807) is 17.5 Å². The van der Waals surface area contributed by atoms with E-state index in [9.17, 15) is 0 Å². The maximum absolute atomic E-state index is 5.61. The van der Waals surface area contributed by atoms with Crippen molar-refractivity contribution in [2.45, 2.75) is 6.54 Å². The first kappa shape index (κ1) is 12.0. The molecule has 0 spiro atoms. The molecule has 0 aliphatic rings. The predicted molar refractivity (Wildman–Crippen MR) is 76.6 cm³/mol. The molecule has 2 aromatic rings. The fourth-order valence-corrected chi connectivity index (χ4v) is 2.38. The minimum atomic E-state index is 0.401. The molecular weight excluding hydrogens is 250 g/mol. The van der Waals surface area contributed by atoms with Crippen molar-refractivity contribution in [1.29, 1.82) is 0 Å².